The average Bonchev–Trinajstić information content (AvgIpc) is 3.02. The molecule has 0 aliphatic carbocycles. The molecule has 0 amide bonds. The minimum Gasteiger partial charge on any atom is -0.455 e. The minimum absolute atomic E-state index is 0.928. The molecular formula is C26H17NO. The number of rotatable bonds is 1. The zero-order chi connectivity index (χ0) is 18.5. The van der Waals surface area contributed by atoms with Gasteiger partial charge in [0, 0.05) is 27.7 Å². The van der Waals surface area contributed by atoms with Gasteiger partial charge in [-0.25, -0.2) is 0 Å². The summed E-state index contributed by atoms with van der Waals surface area (Å²) in [6.07, 6.45) is 4.34. The Hall–Kier alpha value is -3.78. The monoisotopic (exact) mass is 359 g/mol. The number of hydrogen-bond donors (Lipinski definition) is 1. The molecule has 0 saturated heterocycles. The molecule has 0 bridgehead atoms. The highest BCUT2D eigenvalue weighted by Gasteiger charge is 2.14. The lowest BCUT2D eigenvalue weighted by Gasteiger charge is -2.11. The van der Waals surface area contributed by atoms with Gasteiger partial charge in [-0.3, -0.25) is 0 Å². The van der Waals surface area contributed by atoms with Crippen LogP contribution in [0.1, 0.15) is 11.1 Å². The van der Waals surface area contributed by atoms with Gasteiger partial charge in [0.2, 0.25) is 0 Å². The van der Waals surface area contributed by atoms with E-state index in [1.165, 1.54) is 11.1 Å². The molecule has 0 unspecified atom stereocenters. The molecule has 1 aromatic heterocycles. The Morgan fingerprint density at radius 3 is 2.39 bits per heavy atom. The van der Waals surface area contributed by atoms with Crippen LogP contribution in [-0.4, -0.2) is 0 Å². The van der Waals surface area contributed by atoms with E-state index in [2.05, 4.69) is 90.3 Å². The predicted octanol–water partition coefficient (Wildman–Crippen LogP) is 7.48. The van der Waals surface area contributed by atoms with Crippen LogP contribution in [0, 0.1) is 0 Å². The zero-order valence-corrected chi connectivity index (χ0v) is 15.1. The lowest BCUT2D eigenvalue weighted by Crippen LogP contribution is -1.93. The predicted molar refractivity (Wildman–Crippen MR) is 118 cm³/mol. The molecule has 5 aromatic rings. The average molecular weight is 359 g/mol. The maximum Gasteiger partial charge on any atom is 0.143 e. The first-order valence-electron chi connectivity index (χ1n) is 9.46. The van der Waals surface area contributed by atoms with Crippen molar-refractivity contribution in [2.24, 2.45) is 0 Å². The van der Waals surface area contributed by atoms with Crippen LogP contribution in [0.4, 0.5) is 11.4 Å². The summed E-state index contributed by atoms with van der Waals surface area (Å²) in [7, 11) is 0. The number of anilines is 2. The van der Waals surface area contributed by atoms with Crippen molar-refractivity contribution in [2.75, 3.05) is 5.32 Å². The summed E-state index contributed by atoms with van der Waals surface area (Å²) in [5.74, 6) is 0. The van der Waals surface area contributed by atoms with E-state index >= 15 is 0 Å². The largest absolute Gasteiger partial charge is 0.455 e. The molecule has 0 spiro atoms. The van der Waals surface area contributed by atoms with Crippen molar-refractivity contribution in [3.63, 3.8) is 0 Å². The summed E-state index contributed by atoms with van der Waals surface area (Å²) in [5, 5.41) is 5.87. The fraction of sp³-hybridized carbons (Fsp3) is 0. The van der Waals surface area contributed by atoms with Gasteiger partial charge in [0.15, 0.2) is 0 Å². The minimum atomic E-state index is 0.928. The van der Waals surface area contributed by atoms with Gasteiger partial charge < -0.3 is 9.73 Å². The first-order valence-corrected chi connectivity index (χ1v) is 9.46. The third kappa shape index (κ3) is 2.28. The third-order valence-corrected chi connectivity index (χ3v) is 5.44. The summed E-state index contributed by atoms with van der Waals surface area (Å²) in [4.78, 5) is 0. The lowest BCUT2D eigenvalue weighted by molar-refractivity contribution is 0.670. The molecule has 0 saturated carbocycles. The summed E-state index contributed by atoms with van der Waals surface area (Å²) < 4.78 is 6.22. The molecule has 2 heteroatoms. The van der Waals surface area contributed by atoms with E-state index in [1.807, 2.05) is 12.1 Å². The highest BCUT2D eigenvalue weighted by molar-refractivity contribution is 6.09. The number of hydrogen-bond acceptors (Lipinski definition) is 2. The van der Waals surface area contributed by atoms with Gasteiger partial charge in [0.05, 0.1) is 0 Å². The lowest BCUT2D eigenvalue weighted by atomic mass is 9.99. The molecule has 1 aliphatic rings. The van der Waals surface area contributed by atoms with Crippen LogP contribution in [0.3, 0.4) is 0 Å². The summed E-state index contributed by atoms with van der Waals surface area (Å²) >= 11 is 0. The van der Waals surface area contributed by atoms with Gasteiger partial charge in [-0.1, -0.05) is 72.8 Å². The zero-order valence-electron chi connectivity index (χ0n) is 15.1. The maximum atomic E-state index is 6.22. The van der Waals surface area contributed by atoms with Crippen molar-refractivity contribution in [3.05, 3.63) is 96.1 Å². The Bertz CT molecular complexity index is 1390. The Kier molecular flexibility index (Phi) is 3.20. The molecule has 4 aromatic carbocycles. The van der Waals surface area contributed by atoms with Crippen LogP contribution in [0.15, 0.2) is 89.3 Å². The molecule has 0 atom stereocenters. The van der Waals surface area contributed by atoms with Gasteiger partial charge in [0.1, 0.15) is 11.2 Å². The van der Waals surface area contributed by atoms with Crippen LogP contribution >= 0.6 is 0 Å². The second-order valence-electron chi connectivity index (χ2n) is 7.13. The van der Waals surface area contributed by atoms with Crippen LogP contribution in [0.2, 0.25) is 0 Å². The molecule has 6 rings (SSSR count). The van der Waals surface area contributed by atoms with Gasteiger partial charge in [0.25, 0.3) is 0 Å². The van der Waals surface area contributed by atoms with Crippen LogP contribution in [0.5, 0.6) is 0 Å². The molecule has 2 heterocycles. The Labute approximate surface area is 162 Å². The molecular weight excluding hydrogens is 342 g/mol. The maximum absolute atomic E-state index is 6.22. The number of fused-ring (bicyclic) bond motifs is 5. The van der Waals surface area contributed by atoms with E-state index in [9.17, 15) is 0 Å². The normalized spacial score (nSPS) is 12.4. The fourth-order valence-corrected chi connectivity index (χ4v) is 4.04. The molecule has 28 heavy (non-hydrogen) atoms. The van der Waals surface area contributed by atoms with E-state index in [4.69, 9.17) is 4.42 Å². The van der Waals surface area contributed by atoms with Crippen molar-refractivity contribution in [3.8, 4) is 11.1 Å². The number of nitrogens with one attached hydrogen (secondary N) is 1. The SMILES string of the molecule is C1=Cc2cc(-c3cccc4c3oc3ccccc34)ccc2Nc2ccccc21. The van der Waals surface area contributed by atoms with E-state index in [-0.39, 0.29) is 0 Å². The molecule has 0 fully saturated rings. The van der Waals surface area contributed by atoms with Crippen molar-refractivity contribution < 1.29 is 4.42 Å². The summed E-state index contributed by atoms with van der Waals surface area (Å²) in [5.41, 5.74) is 8.74. The highest BCUT2D eigenvalue weighted by Crippen LogP contribution is 2.38. The molecule has 132 valence electrons. The number of benzene rings is 4. The van der Waals surface area contributed by atoms with Crippen molar-refractivity contribution in [1.82, 2.24) is 0 Å². The first kappa shape index (κ1) is 15.3. The topological polar surface area (TPSA) is 25.2 Å². The van der Waals surface area contributed by atoms with Gasteiger partial charge in [-0.2, -0.15) is 0 Å². The third-order valence-electron chi connectivity index (χ3n) is 5.44. The quantitative estimate of drug-likeness (QED) is 0.329. The molecule has 1 N–H and O–H groups in total. The second kappa shape index (κ2) is 5.86. The summed E-state index contributed by atoms with van der Waals surface area (Å²) in [6.45, 7) is 0. The Morgan fingerprint density at radius 1 is 0.607 bits per heavy atom. The molecule has 2 nitrogen and oxygen atoms in total. The van der Waals surface area contributed by atoms with E-state index < -0.39 is 0 Å². The van der Waals surface area contributed by atoms with E-state index in [1.54, 1.807) is 0 Å². The molecule has 0 radical (unpaired) electrons. The number of para-hydroxylation sites is 3. The van der Waals surface area contributed by atoms with Crippen LogP contribution in [0.25, 0.3) is 45.2 Å². The van der Waals surface area contributed by atoms with E-state index in [0.29, 0.717) is 0 Å². The molecule has 1 aliphatic heterocycles. The van der Waals surface area contributed by atoms with Crippen molar-refractivity contribution >= 4 is 45.5 Å². The Balaban J connectivity index is 1.53. The Morgan fingerprint density at radius 2 is 1.39 bits per heavy atom. The van der Waals surface area contributed by atoms with Gasteiger partial charge >= 0.3 is 0 Å². The van der Waals surface area contributed by atoms with Gasteiger partial charge in [-0.05, 0) is 41.0 Å². The second-order valence-corrected chi connectivity index (χ2v) is 7.13. The number of furan rings is 1. The van der Waals surface area contributed by atoms with Crippen LogP contribution in [-0.2, 0) is 0 Å². The van der Waals surface area contributed by atoms with Gasteiger partial charge in [-0.15, -0.1) is 0 Å². The van der Waals surface area contributed by atoms with Crippen molar-refractivity contribution in [1.29, 1.82) is 0 Å². The summed E-state index contributed by atoms with van der Waals surface area (Å²) in [6, 6.07) is 29.5. The van der Waals surface area contributed by atoms with E-state index in [0.717, 1.165) is 44.4 Å². The first-order chi connectivity index (χ1) is 13.9. The smallest absolute Gasteiger partial charge is 0.143 e. The van der Waals surface area contributed by atoms with Crippen molar-refractivity contribution in [2.45, 2.75) is 0 Å². The highest BCUT2D eigenvalue weighted by atomic mass is 16.3. The fourth-order valence-electron chi connectivity index (χ4n) is 4.04. The standard InChI is InChI=1S/C26H17NO/c1-3-10-23-17(6-1)12-13-19-16-18(14-15-24(19)27-23)20-8-5-9-22-21-7-2-4-11-25(21)28-26(20)22/h1-16,27H. The van der Waals surface area contributed by atoms with Crippen LogP contribution < -0.4 is 5.32 Å².